The Morgan fingerprint density at radius 3 is 2.62 bits per heavy atom. The number of carbonyl (C=O) groups is 2. The third-order valence-electron chi connectivity index (χ3n) is 5.22. The first-order chi connectivity index (χ1) is 13.9. The Bertz CT molecular complexity index is 1060. The van der Waals surface area contributed by atoms with E-state index in [2.05, 4.69) is 5.10 Å². The van der Waals surface area contributed by atoms with E-state index in [1.54, 1.807) is 54.4 Å². The summed E-state index contributed by atoms with van der Waals surface area (Å²) in [5, 5.41) is 4.17. The lowest BCUT2D eigenvalue weighted by molar-refractivity contribution is -0.124. The Balaban J connectivity index is 1.61. The number of rotatable bonds is 6. The van der Waals surface area contributed by atoms with Crippen molar-refractivity contribution in [2.24, 2.45) is 11.5 Å². The van der Waals surface area contributed by atoms with E-state index in [4.69, 9.17) is 16.2 Å². The van der Waals surface area contributed by atoms with E-state index in [1.165, 1.54) is 4.90 Å². The summed E-state index contributed by atoms with van der Waals surface area (Å²) >= 11 is 0. The molecule has 1 unspecified atom stereocenters. The summed E-state index contributed by atoms with van der Waals surface area (Å²) in [4.78, 5) is 26.7. The van der Waals surface area contributed by atoms with E-state index < -0.39 is 11.4 Å². The summed E-state index contributed by atoms with van der Waals surface area (Å²) in [6, 6.07) is 14.2. The van der Waals surface area contributed by atoms with Gasteiger partial charge in [0.25, 0.3) is 5.91 Å². The first kappa shape index (κ1) is 18.7. The molecule has 2 heterocycles. The minimum atomic E-state index is -1.52. The molecule has 0 saturated carbocycles. The highest BCUT2D eigenvalue weighted by atomic mass is 16.5. The molecule has 8 nitrogen and oxygen atoms in total. The molecule has 2 aromatic carbocycles. The van der Waals surface area contributed by atoms with Crippen molar-refractivity contribution in [2.45, 2.75) is 12.1 Å². The van der Waals surface area contributed by atoms with Crippen LogP contribution in [-0.4, -0.2) is 40.1 Å². The largest absolute Gasteiger partial charge is 0.497 e. The van der Waals surface area contributed by atoms with E-state index in [1.807, 2.05) is 18.3 Å². The van der Waals surface area contributed by atoms with Crippen LogP contribution in [0.4, 0.5) is 0 Å². The van der Waals surface area contributed by atoms with E-state index in [9.17, 15) is 9.59 Å². The minimum absolute atomic E-state index is 0.0285. The van der Waals surface area contributed by atoms with Crippen LogP contribution < -0.4 is 16.2 Å². The molecule has 1 aliphatic rings. The van der Waals surface area contributed by atoms with Crippen molar-refractivity contribution in [3.8, 4) is 11.4 Å². The second-order valence-electron chi connectivity index (χ2n) is 7.02. The number of nitrogens with two attached hydrogens (primary N) is 2. The average Bonchev–Trinajstić information content (AvgIpc) is 3.36. The zero-order valence-electron chi connectivity index (χ0n) is 15.9. The highest BCUT2D eigenvalue weighted by Crippen LogP contribution is 2.30. The van der Waals surface area contributed by atoms with Crippen molar-refractivity contribution in [1.29, 1.82) is 0 Å². The number of aromatic nitrogens is 2. The lowest BCUT2D eigenvalue weighted by Gasteiger charge is -2.31. The Kier molecular flexibility index (Phi) is 4.56. The Hall–Kier alpha value is -3.65. The molecule has 0 radical (unpaired) electrons. The molecule has 4 N–H and O–H groups in total. The van der Waals surface area contributed by atoms with E-state index in [0.717, 1.165) is 11.3 Å². The number of nitrogens with zero attached hydrogens (tertiary/aromatic N) is 3. The van der Waals surface area contributed by atoms with Gasteiger partial charge < -0.3 is 21.1 Å². The second kappa shape index (κ2) is 7.06. The average molecular weight is 391 g/mol. The fourth-order valence-electron chi connectivity index (χ4n) is 3.56. The topological polar surface area (TPSA) is 116 Å². The predicted molar refractivity (Wildman–Crippen MR) is 106 cm³/mol. The van der Waals surface area contributed by atoms with Crippen molar-refractivity contribution in [2.75, 3.05) is 13.7 Å². The van der Waals surface area contributed by atoms with Crippen molar-refractivity contribution < 1.29 is 14.3 Å². The van der Waals surface area contributed by atoms with E-state index >= 15 is 0 Å². The van der Waals surface area contributed by atoms with Crippen LogP contribution in [0.3, 0.4) is 0 Å². The first-order valence-electron chi connectivity index (χ1n) is 9.08. The van der Waals surface area contributed by atoms with Crippen LogP contribution in [0.2, 0.25) is 0 Å². The van der Waals surface area contributed by atoms with Gasteiger partial charge in [-0.2, -0.15) is 5.10 Å². The van der Waals surface area contributed by atoms with Gasteiger partial charge in [0.15, 0.2) is 0 Å². The molecule has 29 heavy (non-hydrogen) atoms. The molecule has 8 heteroatoms. The van der Waals surface area contributed by atoms with Crippen LogP contribution in [0.1, 0.15) is 21.5 Å². The van der Waals surface area contributed by atoms with E-state index in [0.29, 0.717) is 23.4 Å². The van der Waals surface area contributed by atoms with Crippen LogP contribution in [-0.2, 0) is 16.9 Å². The molecule has 2 amide bonds. The van der Waals surface area contributed by atoms with Crippen molar-refractivity contribution in [3.05, 3.63) is 77.6 Å². The van der Waals surface area contributed by atoms with Gasteiger partial charge in [-0.05, 0) is 47.5 Å². The minimum Gasteiger partial charge on any atom is -0.497 e. The van der Waals surface area contributed by atoms with Gasteiger partial charge in [-0.25, -0.2) is 4.68 Å². The summed E-state index contributed by atoms with van der Waals surface area (Å²) in [5.74, 6) is -0.223. The van der Waals surface area contributed by atoms with Crippen LogP contribution in [0.5, 0.6) is 5.75 Å². The Labute approximate surface area is 167 Å². The third kappa shape index (κ3) is 3.23. The number of hydrogen-bond donors (Lipinski definition) is 2. The maximum absolute atomic E-state index is 12.8. The molecule has 0 fully saturated rings. The van der Waals surface area contributed by atoms with Crippen molar-refractivity contribution in [1.82, 2.24) is 14.7 Å². The number of fused-ring (bicyclic) bond motifs is 1. The Morgan fingerprint density at radius 1 is 1.24 bits per heavy atom. The molecule has 1 atom stereocenters. The first-order valence-corrected chi connectivity index (χ1v) is 9.08. The smallest absolute Gasteiger partial charge is 0.254 e. The maximum Gasteiger partial charge on any atom is 0.254 e. The molecular weight excluding hydrogens is 370 g/mol. The molecule has 1 aromatic heterocycles. The fourth-order valence-corrected chi connectivity index (χ4v) is 3.56. The zero-order valence-corrected chi connectivity index (χ0v) is 15.9. The SMILES string of the molecule is COc1ccc2c(c1)CN(CC(N)(C(N)=O)c1ccc(-n3cccn3)cc1)C2=O. The number of ether oxygens (including phenoxy) is 1. The molecular formula is C21H21N5O3. The second-order valence-corrected chi connectivity index (χ2v) is 7.02. The fraction of sp³-hybridized carbons (Fsp3) is 0.190. The van der Waals surface area contributed by atoms with Gasteiger partial charge in [0.05, 0.1) is 19.3 Å². The number of benzene rings is 2. The van der Waals surface area contributed by atoms with Crippen LogP contribution in [0, 0.1) is 0 Å². The zero-order chi connectivity index (χ0) is 20.6. The molecule has 0 spiro atoms. The molecule has 0 aliphatic carbocycles. The number of amides is 2. The molecule has 3 aromatic rings. The molecule has 1 aliphatic heterocycles. The van der Waals surface area contributed by atoms with Gasteiger partial charge in [-0.15, -0.1) is 0 Å². The van der Waals surface area contributed by atoms with Crippen LogP contribution in [0.25, 0.3) is 5.69 Å². The van der Waals surface area contributed by atoms with Gasteiger partial charge in [0.1, 0.15) is 11.3 Å². The highest BCUT2D eigenvalue weighted by Gasteiger charge is 2.40. The molecule has 0 bridgehead atoms. The molecule has 148 valence electrons. The standard InChI is InChI=1S/C21H21N5O3/c1-29-17-7-8-18-14(11-17)12-25(19(18)27)13-21(23,20(22)28)15-3-5-16(6-4-15)26-10-2-9-24-26/h2-11H,12-13,23H2,1H3,(H2,22,28). The maximum atomic E-state index is 12.8. The number of methoxy groups -OCH3 is 1. The lowest BCUT2D eigenvalue weighted by Crippen LogP contribution is -2.56. The summed E-state index contributed by atoms with van der Waals surface area (Å²) in [6.07, 6.45) is 3.49. The van der Waals surface area contributed by atoms with Crippen molar-refractivity contribution >= 4 is 11.8 Å². The van der Waals surface area contributed by atoms with Gasteiger partial charge >= 0.3 is 0 Å². The molecule has 4 rings (SSSR count). The lowest BCUT2D eigenvalue weighted by atomic mass is 9.89. The summed E-state index contributed by atoms with van der Waals surface area (Å²) in [6.45, 7) is 0.308. The summed E-state index contributed by atoms with van der Waals surface area (Å²) in [5.41, 5.74) is 13.4. The third-order valence-corrected chi connectivity index (χ3v) is 5.22. The van der Waals surface area contributed by atoms with E-state index in [-0.39, 0.29) is 12.5 Å². The van der Waals surface area contributed by atoms with Gasteiger partial charge in [-0.3, -0.25) is 9.59 Å². The quantitative estimate of drug-likeness (QED) is 0.654. The normalized spacial score (nSPS) is 15.1. The Morgan fingerprint density at radius 2 is 2.00 bits per heavy atom. The van der Waals surface area contributed by atoms with Gasteiger partial charge in [0, 0.05) is 24.5 Å². The highest BCUT2D eigenvalue weighted by molar-refractivity contribution is 5.99. The number of primary amides is 1. The number of carbonyl (C=O) groups excluding carboxylic acids is 2. The van der Waals surface area contributed by atoms with Crippen molar-refractivity contribution in [3.63, 3.8) is 0 Å². The summed E-state index contributed by atoms with van der Waals surface area (Å²) < 4.78 is 6.92. The summed E-state index contributed by atoms with van der Waals surface area (Å²) in [7, 11) is 1.57. The van der Waals surface area contributed by atoms with Gasteiger partial charge in [-0.1, -0.05) is 12.1 Å². The van der Waals surface area contributed by atoms with Crippen LogP contribution >= 0.6 is 0 Å². The molecule has 0 saturated heterocycles. The van der Waals surface area contributed by atoms with Crippen LogP contribution in [0.15, 0.2) is 60.9 Å². The monoisotopic (exact) mass is 391 g/mol. The number of hydrogen-bond acceptors (Lipinski definition) is 5. The predicted octanol–water partition coefficient (Wildman–Crippen LogP) is 1.18. The van der Waals surface area contributed by atoms with Gasteiger partial charge in [0.2, 0.25) is 5.91 Å².